The van der Waals surface area contributed by atoms with Crippen molar-refractivity contribution in [3.63, 3.8) is 0 Å². The molecule has 1 aliphatic heterocycles. The van der Waals surface area contributed by atoms with E-state index in [1.165, 1.54) is 0 Å². The van der Waals surface area contributed by atoms with Crippen LogP contribution in [0.2, 0.25) is 0 Å². The van der Waals surface area contributed by atoms with Crippen molar-refractivity contribution < 1.29 is 4.79 Å². The third-order valence-corrected chi connectivity index (χ3v) is 3.39. The molecule has 1 fully saturated rings. The van der Waals surface area contributed by atoms with Gasteiger partial charge in [-0.15, -0.1) is 0 Å². The van der Waals surface area contributed by atoms with Crippen molar-refractivity contribution in [2.45, 2.75) is 26.7 Å². The molecule has 0 spiro atoms. The predicted molar refractivity (Wildman–Crippen MR) is 75.1 cm³/mol. The van der Waals surface area contributed by atoms with Gasteiger partial charge in [0.05, 0.1) is 12.0 Å². The van der Waals surface area contributed by atoms with Crippen molar-refractivity contribution in [2.75, 3.05) is 24.5 Å². The number of nitrogens with one attached hydrogen (secondary N) is 1. The van der Waals surface area contributed by atoms with Crippen molar-refractivity contribution in [2.24, 2.45) is 5.92 Å². The number of nitriles is 1. The Balaban J connectivity index is 2.06. The van der Waals surface area contributed by atoms with Gasteiger partial charge < -0.3 is 10.2 Å². The Bertz CT molecular complexity index is 517. The maximum absolute atomic E-state index is 11.9. The highest BCUT2D eigenvalue weighted by Gasteiger charge is 2.27. The molecule has 6 heteroatoms. The smallest absolute Gasteiger partial charge is 0.225 e. The second kappa shape index (κ2) is 6.33. The predicted octanol–water partition coefficient (Wildman–Crippen LogP) is 0.950. The van der Waals surface area contributed by atoms with E-state index in [9.17, 15) is 4.79 Å². The van der Waals surface area contributed by atoms with Gasteiger partial charge in [0, 0.05) is 24.5 Å². The fraction of sp³-hybridized carbons (Fsp3) is 0.571. The molecule has 2 rings (SSSR count). The van der Waals surface area contributed by atoms with Gasteiger partial charge in [-0.25, -0.2) is 9.97 Å². The molecule has 1 saturated heterocycles. The van der Waals surface area contributed by atoms with E-state index < -0.39 is 0 Å². The van der Waals surface area contributed by atoms with Crippen LogP contribution in [-0.2, 0) is 4.79 Å². The van der Waals surface area contributed by atoms with E-state index in [2.05, 4.69) is 20.2 Å². The Kier molecular flexibility index (Phi) is 4.51. The van der Waals surface area contributed by atoms with Gasteiger partial charge in [0.15, 0.2) is 0 Å². The van der Waals surface area contributed by atoms with E-state index in [1.807, 2.05) is 26.0 Å². The zero-order chi connectivity index (χ0) is 14.5. The van der Waals surface area contributed by atoms with E-state index in [-0.39, 0.29) is 18.4 Å². The largest absolute Gasteiger partial charge is 0.343 e. The van der Waals surface area contributed by atoms with Gasteiger partial charge >= 0.3 is 0 Å². The number of anilines is 1. The molecule has 0 aromatic carbocycles. The van der Waals surface area contributed by atoms with Crippen LogP contribution >= 0.6 is 0 Å². The topological polar surface area (TPSA) is 81.9 Å². The van der Waals surface area contributed by atoms with Gasteiger partial charge in [-0.2, -0.15) is 5.26 Å². The van der Waals surface area contributed by atoms with Crippen LogP contribution in [0.3, 0.4) is 0 Å². The number of carbonyl (C=O) groups is 1. The van der Waals surface area contributed by atoms with Gasteiger partial charge in [-0.3, -0.25) is 4.79 Å². The highest BCUT2D eigenvalue weighted by atomic mass is 16.1. The SMILES string of the molecule is Cc1cc(C)nc(N2CCC[C@@H](C(=O)NCC#N)C2)n1. The lowest BCUT2D eigenvalue weighted by atomic mass is 9.97. The molecular formula is C14H19N5O. The molecule has 2 heterocycles. The summed E-state index contributed by atoms with van der Waals surface area (Å²) in [5.41, 5.74) is 1.87. The summed E-state index contributed by atoms with van der Waals surface area (Å²) in [5.74, 6) is 0.544. The van der Waals surface area contributed by atoms with Crippen molar-refractivity contribution >= 4 is 11.9 Å². The van der Waals surface area contributed by atoms with Crippen LogP contribution in [0.4, 0.5) is 5.95 Å². The van der Waals surface area contributed by atoms with Gasteiger partial charge in [0.2, 0.25) is 11.9 Å². The molecule has 1 aromatic rings. The van der Waals surface area contributed by atoms with Crippen molar-refractivity contribution in [1.82, 2.24) is 15.3 Å². The fourth-order valence-electron chi connectivity index (χ4n) is 2.49. The molecule has 0 aliphatic carbocycles. The van der Waals surface area contributed by atoms with Gasteiger partial charge in [-0.1, -0.05) is 0 Å². The molecule has 1 aliphatic rings. The quantitative estimate of drug-likeness (QED) is 0.829. The number of carbonyl (C=O) groups excluding carboxylic acids is 1. The average Bonchev–Trinajstić information content (AvgIpc) is 2.44. The lowest BCUT2D eigenvalue weighted by Crippen LogP contribution is -2.43. The number of aromatic nitrogens is 2. The second-order valence-corrected chi connectivity index (χ2v) is 5.11. The van der Waals surface area contributed by atoms with Crippen molar-refractivity contribution in [3.05, 3.63) is 17.5 Å². The van der Waals surface area contributed by atoms with Crippen LogP contribution in [0.25, 0.3) is 0 Å². The minimum Gasteiger partial charge on any atom is -0.343 e. The summed E-state index contributed by atoms with van der Waals surface area (Å²) in [6, 6.07) is 3.86. The van der Waals surface area contributed by atoms with E-state index in [1.54, 1.807) is 0 Å². The van der Waals surface area contributed by atoms with Crippen LogP contribution < -0.4 is 10.2 Å². The van der Waals surface area contributed by atoms with Crippen LogP contribution in [0.1, 0.15) is 24.2 Å². The number of nitrogens with zero attached hydrogens (tertiary/aromatic N) is 4. The third kappa shape index (κ3) is 3.44. The van der Waals surface area contributed by atoms with Crippen LogP contribution in [0.5, 0.6) is 0 Å². The number of amides is 1. The third-order valence-electron chi connectivity index (χ3n) is 3.39. The maximum Gasteiger partial charge on any atom is 0.225 e. The average molecular weight is 273 g/mol. The highest BCUT2D eigenvalue weighted by molar-refractivity contribution is 5.79. The van der Waals surface area contributed by atoms with E-state index >= 15 is 0 Å². The monoisotopic (exact) mass is 273 g/mol. The molecule has 6 nitrogen and oxygen atoms in total. The van der Waals surface area contributed by atoms with Crippen LogP contribution in [-0.4, -0.2) is 35.5 Å². The van der Waals surface area contributed by atoms with Gasteiger partial charge in [0.25, 0.3) is 0 Å². The number of piperidine rings is 1. The first kappa shape index (κ1) is 14.3. The number of hydrogen-bond donors (Lipinski definition) is 1. The van der Waals surface area contributed by atoms with E-state index in [4.69, 9.17) is 5.26 Å². The molecule has 1 aromatic heterocycles. The Morgan fingerprint density at radius 2 is 2.20 bits per heavy atom. The van der Waals surface area contributed by atoms with E-state index in [0.717, 1.165) is 30.8 Å². The van der Waals surface area contributed by atoms with Gasteiger partial charge in [0.1, 0.15) is 6.54 Å². The molecule has 1 N–H and O–H groups in total. The molecule has 0 bridgehead atoms. The summed E-state index contributed by atoms with van der Waals surface area (Å²) in [7, 11) is 0. The first-order valence-corrected chi connectivity index (χ1v) is 6.82. The Labute approximate surface area is 118 Å². The zero-order valence-electron chi connectivity index (χ0n) is 11.9. The summed E-state index contributed by atoms with van der Waals surface area (Å²) in [5, 5.41) is 11.1. The van der Waals surface area contributed by atoms with E-state index in [0.29, 0.717) is 12.5 Å². The minimum atomic E-state index is -0.0958. The lowest BCUT2D eigenvalue weighted by Gasteiger charge is -2.32. The molecule has 1 amide bonds. The molecule has 20 heavy (non-hydrogen) atoms. The molecule has 0 saturated carbocycles. The highest BCUT2D eigenvalue weighted by Crippen LogP contribution is 2.21. The van der Waals surface area contributed by atoms with Crippen molar-refractivity contribution in [1.29, 1.82) is 5.26 Å². The molecular weight excluding hydrogens is 254 g/mol. The lowest BCUT2D eigenvalue weighted by molar-refractivity contribution is -0.125. The summed E-state index contributed by atoms with van der Waals surface area (Å²) >= 11 is 0. The molecule has 106 valence electrons. The molecule has 0 unspecified atom stereocenters. The number of rotatable bonds is 3. The maximum atomic E-state index is 11.9. The number of aryl methyl sites for hydroxylation is 2. The minimum absolute atomic E-state index is 0.0550. The molecule has 0 radical (unpaired) electrons. The summed E-state index contributed by atoms with van der Waals surface area (Å²) in [4.78, 5) is 22.9. The standard InChI is InChI=1S/C14H19N5O/c1-10-8-11(2)18-14(17-10)19-7-3-4-12(9-19)13(20)16-6-5-15/h8,12H,3-4,6-7,9H2,1-2H3,(H,16,20)/t12-/m1/s1. The second-order valence-electron chi connectivity index (χ2n) is 5.11. The Morgan fingerprint density at radius 3 is 2.85 bits per heavy atom. The first-order chi connectivity index (χ1) is 9.60. The Morgan fingerprint density at radius 1 is 1.50 bits per heavy atom. The van der Waals surface area contributed by atoms with Gasteiger partial charge in [-0.05, 0) is 32.8 Å². The number of hydrogen-bond acceptors (Lipinski definition) is 5. The summed E-state index contributed by atoms with van der Waals surface area (Å²) in [6.07, 6.45) is 1.78. The fourth-order valence-corrected chi connectivity index (χ4v) is 2.49. The molecule has 1 atom stereocenters. The summed E-state index contributed by atoms with van der Waals surface area (Å²) < 4.78 is 0. The van der Waals surface area contributed by atoms with Crippen LogP contribution in [0, 0.1) is 31.1 Å². The normalized spacial score (nSPS) is 18.4. The first-order valence-electron chi connectivity index (χ1n) is 6.82. The zero-order valence-corrected chi connectivity index (χ0v) is 11.9. The van der Waals surface area contributed by atoms with Crippen molar-refractivity contribution in [3.8, 4) is 6.07 Å². The van der Waals surface area contributed by atoms with Crippen LogP contribution in [0.15, 0.2) is 6.07 Å². The Hall–Kier alpha value is -2.16. The summed E-state index contributed by atoms with van der Waals surface area (Å²) in [6.45, 7) is 5.43.